The second-order valence-electron chi connectivity index (χ2n) is 9.08. The van der Waals surface area contributed by atoms with E-state index >= 15 is 0 Å². The van der Waals surface area contributed by atoms with E-state index < -0.39 is 0 Å². The van der Waals surface area contributed by atoms with Crippen LogP contribution in [0.3, 0.4) is 0 Å². The normalized spacial score (nSPS) is 15.8. The van der Waals surface area contributed by atoms with Crippen LogP contribution in [-0.2, 0) is 4.79 Å². The quantitative estimate of drug-likeness (QED) is 0.414. The number of carbonyl (C=O) groups excluding carboxylic acids is 2. The van der Waals surface area contributed by atoms with Crippen LogP contribution in [0, 0.1) is 0 Å². The highest BCUT2D eigenvalue weighted by Crippen LogP contribution is 2.35. The van der Waals surface area contributed by atoms with Crippen molar-refractivity contribution in [2.24, 2.45) is 0 Å². The maximum absolute atomic E-state index is 13.0. The van der Waals surface area contributed by atoms with Gasteiger partial charge in [0.2, 0.25) is 5.91 Å². The Morgan fingerprint density at radius 2 is 1.89 bits per heavy atom. The minimum Gasteiger partial charge on any atom is -0.382 e. The number of anilines is 2. The van der Waals surface area contributed by atoms with Crippen molar-refractivity contribution in [1.29, 1.82) is 0 Å². The number of nitrogen functional groups attached to an aromatic ring is 1. The zero-order valence-electron chi connectivity index (χ0n) is 20.7. The van der Waals surface area contributed by atoms with E-state index in [-0.39, 0.29) is 17.9 Å². The van der Waals surface area contributed by atoms with Gasteiger partial charge in [-0.05, 0) is 43.2 Å². The Hall–Kier alpha value is -4.53. The number of rotatable bonds is 5. The lowest BCUT2D eigenvalue weighted by molar-refractivity contribution is -0.128. The minimum atomic E-state index is -0.205. The van der Waals surface area contributed by atoms with Crippen LogP contribution in [0.15, 0.2) is 73.7 Å². The Morgan fingerprint density at radius 3 is 2.62 bits per heavy atom. The number of imidazole rings is 1. The number of amides is 2. The molecule has 4 heterocycles. The monoisotopic (exact) mass is 495 g/mol. The summed E-state index contributed by atoms with van der Waals surface area (Å²) in [5.74, 6) is 1.39. The van der Waals surface area contributed by atoms with Gasteiger partial charge in [0.1, 0.15) is 28.7 Å². The summed E-state index contributed by atoms with van der Waals surface area (Å²) in [4.78, 5) is 42.7. The zero-order chi connectivity index (χ0) is 25.9. The maximum atomic E-state index is 13.0. The fourth-order valence-corrected chi connectivity index (χ4v) is 4.90. The maximum Gasteiger partial charge on any atom is 0.259 e. The summed E-state index contributed by atoms with van der Waals surface area (Å²) in [6.07, 6.45) is 10.3. The highest BCUT2D eigenvalue weighted by Gasteiger charge is 2.30. The van der Waals surface area contributed by atoms with Crippen LogP contribution < -0.4 is 10.6 Å². The summed E-state index contributed by atoms with van der Waals surface area (Å²) >= 11 is 0. The molecule has 1 unspecified atom stereocenters. The van der Waals surface area contributed by atoms with Gasteiger partial charge in [0, 0.05) is 43.3 Å². The number of nitrogens with two attached hydrogens (primary N) is 1. The average Bonchev–Trinajstić information content (AvgIpc) is 3.16. The standard InChI is InChI=1S/C28H29N7O2/c1-3-23(36)34-17-8-4-5-9-21(34)27-32-24(25-26(29)31-16-18-35(25)27)19-11-13-20(14-12-19)28(37)33(2)22-10-6-7-15-30-22/h3,6-7,10-16,18,21H,1,4-5,8-9,17H2,2H3,(H2,29,31). The molecule has 1 aliphatic heterocycles. The van der Waals surface area contributed by atoms with Gasteiger partial charge in [0.05, 0.1) is 6.04 Å². The average molecular weight is 496 g/mol. The highest BCUT2D eigenvalue weighted by atomic mass is 16.2. The van der Waals surface area contributed by atoms with Crippen LogP contribution in [-0.4, -0.2) is 49.7 Å². The number of fused-ring (bicyclic) bond motifs is 1. The van der Waals surface area contributed by atoms with Crippen LogP contribution in [0.2, 0.25) is 0 Å². The van der Waals surface area contributed by atoms with E-state index in [0.717, 1.165) is 37.1 Å². The summed E-state index contributed by atoms with van der Waals surface area (Å²) in [6.45, 7) is 4.35. The number of benzene rings is 1. The molecule has 188 valence electrons. The largest absolute Gasteiger partial charge is 0.382 e. The summed E-state index contributed by atoms with van der Waals surface area (Å²) in [5.41, 5.74) is 9.00. The van der Waals surface area contributed by atoms with E-state index in [4.69, 9.17) is 10.7 Å². The molecule has 37 heavy (non-hydrogen) atoms. The second-order valence-corrected chi connectivity index (χ2v) is 9.08. The second kappa shape index (κ2) is 10.2. The predicted octanol–water partition coefficient (Wildman–Crippen LogP) is 4.28. The van der Waals surface area contributed by atoms with Gasteiger partial charge in [-0.3, -0.25) is 18.9 Å². The SMILES string of the molecule is C=CC(=O)N1CCCCCC1c1nc(-c2ccc(C(=O)N(C)c3ccccn3)cc2)c2c(N)nccn12. The molecular weight excluding hydrogens is 466 g/mol. The first-order valence-corrected chi connectivity index (χ1v) is 12.3. The van der Waals surface area contributed by atoms with Gasteiger partial charge in [0.15, 0.2) is 0 Å². The van der Waals surface area contributed by atoms with E-state index in [1.54, 1.807) is 37.6 Å². The van der Waals surface area contributed by atoms with Gasteiger partial charge in [-0.25, -0.2) is 15.0 Å². The molecule has 5 rings (SSSR count). The fraction of sp³-hybridized carbons (Fsp3) is 0.250. The van der Waals surface area contributed by atoms with Gasteiger partial charge in [-0.1, -0.05) is 37.6 Å². The molecule has 9 heteroatoms. The molecule has 1 fully saturated rings. The van der Waals surface area contributed by atoms with Crippen molar-refractivity contribution in [1.82, 2.24) is 24.3 Å². The summed E-state index contributed by atoms with van der Waals surface area (Å²) in [6, 6.07) is 12.5. The van der Waals surface area contributed by atoms with E-state index in [1.807, 2.05) is 39.8 Å². The molecule has 2 N–H and O–H groups in total. The van der Waals surface area contributed by atoms with Crippen molar-refractivity contribution in [2.45, 2.75) is 31.7 Å². The number of likely N-dealkylation sites (tertiary alicyclic amines) is 1. The van der Waals surface area contributed by atoms with Crippen molar-refractivity contribution in [2.75, 3.05) is 24.2 Å². The van der Waals surface area contributed by atoms with Crippen LogP contribution in [0.5, 0.6) is 0 Å². The van der Waals surface area contributed by atoms with Crippen molar-refractivity contribution >= 4 is 29.0 Å². The lowest BCUT2D eigenvalue weighted by Gasteiger charge is -2.28. The first-order chi connectivity index (χ1) is 18.0. The minimum absolute atomic E-state index is 0.105. The number of pyridine rings is 1. The Labute approximate surface area is 215 Å². The van der Waals surface area contributed by atoms with E-state index in [2.05, 4.69) is 16.5 Å². The number of hydrogen-bond acceptors (Lipinski definition) is 6. The zero-order valence-corrected chi connectivity index (χ0v) is 20.7. The van der Waals surface area contributed by atoms with Crippen LogP contribution in [0.4, 0.5) is 11.6 Å². The molecule has 0 bridgehead atoms. The lowest BCUT2D eigenvalue weighted by Crippen LogP contribution is -2.34. The molecular formula is C28H29N7O2. The molecule has 3 aromatic heterocycles. The van der Waals surface area contributed by atoms with Crippen molar-refractivity contribution in [3.63, 3.8) is 0 Å². The fourth-order valence-electron chi connectivity index (χ4n) is 4.90. The summed E-state index contributed by atoms with van der Waals surface area (Å²) < 4.78 is 1.94. The predicted molar refractivity (Wildman–Crippen MR) is 143 cm³/mol. The smallest absolute Gasteiger partial charge is 0.259 e. The van der Waals surface area contributed by atoms with Crippen LogP contribution in [0.1, 0.15) is 47.9 Å². The van der Waals surface area contributed by atoms with Crippen molar-refractivity contribution in [3.8, 4) is 11.3 Å². The van der Waals surface area contributed by atoms with Gasteiger partial charge in [-0.2, -0.15) is 0 Å². The van der Waals surface area contributed by atoms with Gasteiger partial charge in [0.25, 0.3) is 5.91 Å². The Morgan fingerprint density at radius 1 is 1.08 bits per heavy atom. The molecule has 1 aliphatic rings. The number of hydrogen-bond donors (Lipinski definition) is 1. The topological polar surface area (TPSA) is 110 Å². The molecule has 2 amide bonds. The number of aromatic nitrogens is 4. The molecule has 0 saturated carbocycles. The van der Waals surface area contributed by atoms with Crippen LogP contribution >= 0.6 is 0 Å². The van der Waals surface area contributed by atoms with Gasteiger partial charge < -0.3 is 10.6 Å². The number of carbonyl (C=O) groups is 2. The Bertz CT molecular complexity index is 1450. The molecule has 0 spiro atoms. The summed E-state index contributed by atoms with van der Waals surface area (Å²) in [5, 5.41) is 0. The molecule has 1 atom stereocenters. The molecule has 9 nitrogen and oxygen atoms in total. The molecule has 0 aliphatic carbocycles. The van der Waals surface area contributed by atoms with Crippen molar-refractivity contribution < 1.29 is 9.59 Å². The highest BCUT2D eigenvalue weighted by molar-refractivity contribution is 6.05. The lowest BCUT2D eigenvalue weighted by atomic mass is 10.1. The Balaban J connectivity index is 1.54. The van der Waals surface area contributed by atoms with Crippen molar-refractivity contribution in [3.05, 3.63) is 85.1 Å². The molecule has 0 radical (unpaired) electrons. The van der Waals surface area contributed by atoms with E-state index in [9.17, 15) is 9.59 Å². The molecule has 1 saturated heterocycles. The first-order valence-electron chi connectivity index (χ1n) is 12.3. The third kappa shape index (κ3) is 4.55. The third-order valence-electron chi connectivity index (χ3n) is 6.82. The van der Waals surface area contributed by atoms with Gasteiger partial charge >= 0.3 is 0 Å². The summed E-state index contributed by atoms with van der Waals surface area (Å²) in [7, 11) is 1.70. The van der Waals surface area contributed by atoms with Gasteiger partial charge in [-0.15, -0.1) is 0 Å². The number of nitrogens with zero attached hydrogens (tertiary/aromatic N) is 6. The van der Waals surface area contributed by atoms with Crippen LogP contribution in [0.25, 0.3) is 16.8 Å². The Kier molecular flexibility index (Phi) is 6.68. The molecule has 4 aromatic rings. The first kappa shape index (κ1) is 24.2. The third-order valence-corrected chi connectivity index (χ3v) is 6.82. The molecule has 1 aromatic carbocycles. The van der Waals surface area contributed by atoms with E-state index in [0.29, 0.717) is 35.0 Å². The van der Waals surface area contributed by atoms with E-state index in [1.165, 1.54) is 11.0 Å².